The minimum absolute atomic E-state index is 0.568. The van der Waals surface area contributed by atoms with Crippen molar-refractivity contribution in [3.63, 3.8) is 0 Å². The highest BCUT2D eigenvalue weighted by Crippen LogP contribution is 2.17. The van der Waals surface area contributed by atoms with Crippen LogP contribution < -0.4 is 11.1 Å². The molecule has 1 atom stereocenters. The van der Waals surface area contributed by atoms with E-state index >= 15 is 0 Å². The molecule has 96 valence electrons. The van der Waals surface area contributed by atoms with Gasteiger partial charge in [0.1, 0.15) is 0 Å². The van der Waals surface area contributed by atoms with E-state index in [2.05, 4.69) is 43.4 Å². The molecule has 0 aromatic heterocycles. The molecule has 0 aliphatic heterocycles. The molecule has 0 saturated carbocycles. The summed E-state index contributed by atoms with van der Waals surface area (Å²) in [6.07, 6.45) is 1.09. The molecule has 0 bridgehead atoms. The van der Waals surface area contributed by atoms with E-state index in [0.29, 0.717) is 5.92 Å². The number of hydrogen-bond donors (Lipinski definition) is 2. The maximum atomic E-state index is 5.57. The highest BCUT2D eigenvalue weighted by Gasteiger charge is 1.98. The van der Waals surface area contributed by atoms with Gasteiger partial charge in [-0.15, -0.1) is 11.8 Å². The number of thioether (sulfide) groups is 1. The van der Waals surface area contributed by atoms with Gasteiger partial charge in [-0.1, -0.05) is 26.0 Å². The molecule has 17 heavy (non-hydrogen) atoms. The summed E-state index contributed by atoms with van der Waals surface area (Å²) in [4.78, 5) is 1.36. The maximum absolute atomic E-state index is 5.57. The Morgan fingerprint density at radius 2 is 2.00 bits per heavy atom. The third-order valence-electron chi connectivity index (χ3n) is 2.72. The van der Waals surface area contributed by atoms with Crippen molar-refractivity contribution in [3.05, 3.63) is 29.8 Å². The molecule has 0 fully saturated rings. The summed E-state index contributed by atoms with van der Waals surface area (Å²) in [6, 6.07) is 8.89. The third kappa shape index (κ3) is 6.10. The largest absolute Gasteiger partial charge is 0.330 e. The predicted octanol–water partition coefficient (Wildman–Crippen LogP) is 2.53. The number of nitrogens with one attached hydrogen (secondary N) is 1. The summed E-state index contributed by atoms with van der Waals surface area (Å²) in [6.45, 7) is 7.16. The van der Waals surface area contributed by atoms with Crippen molar-refractivity contribution >= 4 is 11.8 Å². The molecule has 1 unspecified atom stereocenters. The van der Waals surface area contributed by atoms with Gasteiger partial charge < -0.3 is 11.1 Å². The Balaban J connectivity index is 2.23. The van der Waals surface area contributed by atoms with Crippen LogP contribution in [-0.2, 0) is 6.42 Å². The molecule has 0 aliphatic carbocycles. The van der Waals surface area contributed by atoms with Gasteiger partial charge in [-0.25, -0.2) is 0 Å². The minimum atomic E-state index is 0.568. The number of benzene rings is 1. The monoisotopic (exact) mass is 252 g/mol. The first-order valence-corrected chi connectivity index (χ1v) is 7.37. The second-order valence-electron chi connectivity index (χ2n) is 4.37. The smallest absolute Gasteiger partial charge is 0.00720 e. The van der Waals surface area contributed by atoms with Crippen LogP contribution in [0.2, 0.25) is 0 Å². The fraction of sp³-hybridized carbons (Fsp3) is 0.571. The molecule has 2 nitrogen and oxygen atoms in total. The predicted molar refractivity (Wildman–Crippen MR) is 77.6 cm³/mol. The molecule has 0 amide bonds. The van der Waals surface area contributed by atoms with Gasteiger partial charge >= 0.3 is 0 Å². The van der Waals surface area contributed by atoms with E-state index in [0.717, 1.165) is 31.8 Å². The van der Waals surface area contributed by atoms with Crippen molar-refractivity contribution < 1.29 is 0 Å². The van der Waals surface area contributed by atoms with Gasteiger partial charge in [0.2, 0.25) is 0 Å². The molecular weight excluding hydrogens is 228 g/mol. The second-order valence-corrected chi connectivity index (χ2v) is 5.71. The van der Waals surface area contributed by atoms with Crippen LogP contribution in [0.15, 0.2) is 29.2 Å². The average molecular weight is 252 g/mol. The lowest BCUT2D eigenvalue weighted by molar-refractivity contribution is 0.524. The normalized spacial score (nSPS) is 12.6. The third-order valence-corrected chi connectivity index (χ3v) is 3.61. The van der Waals surface area contributed by atoms with Crippen molar-refractivity contribution in [1.29, 1.82) is 0 Å². The van der Waals surface area contributed by atoms with E-state index in [1.807, 2.05) is 11.8 Å². The molecular formula is C14H24N2S. The van der Waals surface area contributed by atoms with Crippen LogP contribution >= 0.6 is 11.8 Å². The van der Waals surface area contributed by atoms with E-state index in [4.69, 9.17) is 5.73 Å². The van der Waals surface area contributed by atoms with Gasteiger partial charge in [0.05, 0.1) is 0 Å². The summed E-state index contributed by atoms with van der Waals surface area (Å²) in [7, 11) is 0. The summed E-state index contributed by atoms with van der Waals surface area (Å²) in [5.41, 5.74) is 6.97. The Morgan fingerprint density at radius 1 is 1.29 bits per heavy atom. The quantitative estimate of drug-likeness (QED) is 0.551. The average Bonchev–Trinajstić information content (AvgIpc) is 2.36. The van der Waals surface area contributed by atoms with Crippen LogP contribution in [0.5, 0.6) is 0 Å². The molecule has 0 radical (unpaired) electrons. The number of hydrogen-bond acceptors (Lipinski definition) is 3. The van der Waals surface area contributed by atoms with Crippen molar-refractivity contribution in [2.24, 2.45) is 11.7 Å². The molecule has 0 aliphatic rings. The topological polar surface area (TPSA) is 38.0 Å². The highest BCUT2D eigenvalue weighted by molar-refractivity contribution is 7.99. The summed E-state index contributed by atoms with van der Waals surface area (Å²) < 4.78 is 0. The van der Waals surface area contributed by atoms with E-state index < -0.39 is 0 Å². The van der Waals surface area contributed by atoms with Crippen LogP contribution in [-0.4, -0.2) is 25.4 Å². The Labute approximate surface area is 109 Å². The van der Waals surface area contributed by atoms with Gasteiger partial charge in [-0.05, 0) is 55.4 Å². The molecule has 1 aromatic rings. The molecule has 1 rings (SSSR count). The molecule has 0 spiro atoms. The Hall–Kier alpha value is -0.510. The highest BCUT2D eigenvalue weighted by atomic mass is 32.2. The second kappa shape index (κ2) is 8.56. The molecule has 1 aromatic carbocycles. The zero-order chi connectivity index (χ0) is 12.5. The van der Waals surface area contributed by atoms with Crippen LogP contribution in [0.3, 0.4) is 0 Å². The summed E-state index contributed by atoms with van der Waals surface area (Å²) >= 11 is 1.89. The van der Waals surface area contributed by atoms with Crippen LogP contribution in [0.1, 0.15) is 19.4 Å². The lowest BCUT2D eigenvalue weighted by atomic mass is 10.1. The van der Waals surface area contributed by atoms with Gasteiger partial charge in [0, 0.05) is 4.90 Å². The standard InChI is InChI=1S/C14H24N2S/c1-3-17-14-6-4-13(5-7-14)8-9-16-11-12(2)10-15/h4-7,12,16H,3,8-11,15H2,1-2H3. The van der Waals surface area contributed by atoms with Crippen LogP contribution in [0.25, 0.3) is 0 Å². The molecule has 0 heterocycles. The summed E-state index contributed by atoms with van der Waals surface area (Å²) in [5, 5.41) is 3.44. The Bertz CT molecular complexity index is 298. The number of nitrogens with two attached hydrogens (primary N) is 1. The zero-order valence-electron chi connectivity index (χ0n) is 10.9. The first kappa shape index (κ1) is 14.6. The van der Waals surface area contributed by atoms with Crippen LogP contribution in [0.4, 0.5) is 0 Å². The summed E-state index contributed by atoms with van der Waals surface area (Å²) in [5.74, 6) is 1.70. The molecule has 3 N–H and O–H groups in total. The molecule has 0 saturated heterocycles. The van der Waals surface area contributed by atoms with Crippen molar-refractivity contribution in [3.8, 4) is 0 Å². The van der Waals surface area contributed by atoms with Crippen molar-refractivity contribution in [2.45, 2.75) is 25.2 Å². The van der Waals surface area contributed by atoms with E-state index in [1.165, 1.54) is 10.5 Å². The lowest BCUT2D eigenvalue weighted by Crippen LogP contribution is -2.27. The van der Waals surface area contributed by atoms with E-state index in [1.54, 1.807) is 0 Å². The van der Waals surface area contributed by atoms with Crippen molar-refractivity contribution in [1.82, 2.24) is 5.32 Å². The van der Waals surface area contributed by atoms with Gasteiger partial charge in [0.15, 0.2) is 0 Å². The van der Waals surface area contributed by atoms with Crippen molar-refractivity contribution in [2.75, 3.05) is 25.4 Å². The first-order valence-electron chi connectivity index (χ1n) is 6.38. The lowest BCUT2D eigenvalue weighted by Gasteiger charge is -2.10. The molecule has 3 heteroatoms. The first-order chi connectivity index (χ1) is 8.26. The van der Waals surface area contributed by atoms with Crippen LogP contribution in [0, 0.1) is 5.92 Å². The maximum Gasteiger partial charge on any atom is 0.00720 e. The number of rotatable bonds is 8. The van der Waals surface area contributed by atoms with Gasteiger partial charge in [0.25, 0.3) is 0 Å². The van der Waals surface area contributed by atoms with E-state index in [-0.39, 0.29) is 0 Å². The zero-order valence-corrected chi connectivity index (χ0v) is 11.7. The fourth-order valence-corrected chi connectivity index (χ4v) is 2.25. The fourth-order valence-electron chi connectivity index (χ4n) is 1.58. The SMILES string of the molecule is CCSc1ccc(CCNCC(C)CN)cc1. The minimum Gasteiger partial charge on any atom is -0.330 e. The van der Waals surface area contributed by atoms with E-state index in [9.17, 15) is 0 Å². The Morgan fingerprint density at radius 3 is 2.59 bits per heavy atom. The van der Waals surface area contributed by atoms with Gasteiger partial charge in [-0.3, -0.25) is 0 Å². The Kier molecular flexibility index (Phi) is 7.33. The van der Waals surface area contributed by atoms with Gasteiger partial charge in [-0.2, -0.15) is 0 Å².